The van der Waals surface area contributed by atoms with Crippen LogP contribution in [-0.4, -0.2) is 35.6 Å². The van der Waals surface area contributed by atoms with Crippen LogP contribution in [0.15, 0.2) is 44.4 Å². The fourth-order valence-electron chi connectivity index (χ4n) is 1.82. The largest absolute Gasteiger partial charge is 0.451 e. The number of halogens is 2. The van der Waals surface area contributed by atoms with Crippen molar-refractivity contribution in [2.45, 2.75) is 11.6 Å². The minimum atomic E-state index is -2.45. The number of ether oxygens (including phenoxy) is 1. The zero-order chi connectivity index (χ0) is 15.4. The molecule has 0 saturated carbocycles. The molecule has 0 radical (unpaired) electrons. The maximum Gasteiger partial charge on any atom is 0.284 e. The minimum absolute atomic E-state index is 0.192. The smallest absolute Gasteiger partial charge is 0.284 e. The van der Waals surface area contributed by atoms with Gasteiger partial charge in [0.2, 0.25) is 0 Å². The molecule has 0 saturated heterocycles. The number of aromatic nitrogens is 2. The van der Waals surface area contributed by atoms with Gasteiger partial charge in [0.1, 0.15) is 12.2 Å². The van der Waals surface area contributed by atoms with E-state index in [0.29, 0.717) is 16.7 Å². The van der Waals surface area contributed by atoms with Crippen molar-refractivity contribution >= 4 is 22.7 Å². The van der Waals surface area contributed by atoms with E-state index in [-0.39, 0.29) is 12.5 Å². The summed E-state index contributed by atoms with van der Waals surface area (Å²) >= 11 is 1.24. The predicted octanol–water partition coefficient (Wildman–Crippen LogP) is 3.86. The lowest BCUT2D eigenvalue weighted by Gasteiger charge is -2.00. The van der Waals surface area contributed by atoms with Gasteiger partial charge in [-0.3, -0.25) is 0 Å². The molecule has 0 aliphatic rings. The van der Waals surface area contributed by atoms with Gasteiger partial charge in [-0.1, -0.05) is 30.0 Å². The summed E-state index contributed by atoms with van der Waals surface area (Å²) in [5, 5.41) is 9.09. The second kappa shape index (κ2) is 6.89. The van der Waals surface area contributed by atoms with Crippen LogP contribution in [0.1, 0.15) is 0 Å². The molecule has 1 aromatic carbocycles. The second-order valence-electron chi connectivity index (χ2n) is 4.34. The first-order chi connectivity index (χ1) is 10.7. The maximum atomic E-state index is 11.9. The normalized spacial score (nSPS) is 11.6. The summed E-state index contributed by atoms with van der Waals surface area (Å²) in [5.41, 5.74) is 0.741. The van der Waals surface area contributed by atoms with Gasteiger partial charge >= 0.3 is 0 Å². The number of fused-ring (bicyclic) bond motifs is 1. The van der Waals surface area contributed by atoms with Crippen LogP contribution in [0.4, 0.5) is 8.78 Å². The standard InChI is InChI=1S/C14H12F2N2O3S/c15-12(16)8-19-5-6-22-14-18-17-13(21-14)11-7-9-3-1-2-4-10(9)20-11/h1-4,7,12H,5-6,8H2. The molecule has 0 unspecified atom stereocenters. The molecule has 2 aromatic heterocycles. The molecular formula is C14H12F2N2O3S. The summed E-state index contributed by atoms with van der Waals surface area (Å²) in [5.74, 6) is 1.23. The molecular weight excluding hydrogens is 314 g/mol. The van der Waals surface area contributed by atoms with Crippen LogP contribution in [0.2, 0.25) is 0 Å². The molecule has 0 aliphatic carbocycles. The third-order valence-electron chi connectivity index (χ3n) is 2.74. The lowest BCUT2D eigenvalue weighted by atomic mass is 10.2. The molecule has 3 rings (SSSR count). The summed E-state index contributed by atoms with van der Waals surface area (Å²) in [6.45, 7) is -0.369. The highest BCUT2D eigenvalue weighted by Gasteiger charge is 2.13. The lowest BCUT2D eigenvalue weighted by Crippen LogP contribution is -2.06. The lowest BCUT2D eigenvalue weighted by molar-refractivity contribution is 0.0237. The first-order valence-electron chi connectivity index (χ1n) is 6.53. The molecule has 0 bridgehead atoms. The van der Waals surface area contributed by atoms with Crippen LogP contribution < -0.4 is 0 Å². The first kappa shape index (κ1) is 15.0. The molecule has 22 heavy (non-hydrogen) atoms. The topological polar surface area (TPSA) is 61.3 Å². The Labute approximate surface area is 128 Å². The Balaban J connectivity index is 1.59. The first-order valence-corrected chi connectivity index (χ1v) is 7.52. The zero-order valence-corrected chi connectivity index (χ0v) is 12.2. The number of alkyl halides is 2. The summed E-state index contributed by atoms with van der Waals surface area (Å²) in [7, 11) is 0. The molecule has 116 valence electrons. The van der Waals surface area contributed by atoms with Gasteiger partial charge in [-0.25, -0.2) is 8.78 Å². The van der Waals surface area contributed by atoms with E-state index in [9.17, 15) is 8.78 Å². The number of hydrogen-bond donors (Lipinski definition) is 0. The van der Waals surface area contributed by atoms with Gasteiger partial charge in [-0.15, -0.1) is 10.2 Å². The number of benzene rings is 1. The highest BCUT2D eigenvalue weighted by atomic mass is 32.2. The van der Waals surface area contributed by atoms with Crippen LogP contribution in [0.25, 0.3) is 22.6 Å². The van der Waals surface area contributed by atoms with Gasteiger partial charge in [-0.2, -0.15) is 0 Å². The molecule has 3 aromatic rings. The molecule has 5 nitrogen and oxygen atoms in total. The number of hydrogen-bond acceptors (Lipinski definition) is 6. The van der Waals surface area contributed by atoms with Crippen LogP contribution >= 0.6 is 11.8 Å². The van der Waals surface area contributed by atoms with Crippen LogP contribution in [-0.2, 0) is 4.74 Å². The SMILES string of the molecule is FC(F)COCCSc1nnc(-c2cc3ccccc3o2)o1. The van der Waals surface area contributed by atoms with Crippen molar-refractivity contribution in [1.29, 1.82) is 0 Å². The maximum absolute atomic E-state index is 11.9. The van der Waals surface area contributed by atoms with E-state index in [1.807, 2.05) is 30.3 Å². The molecule has 0 fully saturated rings. The Kier molecular flexibility index (Phi) is 4.69. The Morgan fingerprint density at radius 3 is 2.86 bits per heavy atom. The van der Waals surface area contributed by atoms with Crippen molar-refractivity contribution in [3.05, 3.63) is 30.3 Å². The summed E-state index contributed by atoms with van der Waals surface area (Å²) in [6, 6.07) is 9.39. The Morgan fingerprint density at radius 1 is 1.18 bits per heavy atom. The van der Waals surface area contributed by atoms with Gasteiger partial charge in [-0.05, 0) is 12.1 Å². The molecule has 0 amide bonds. The molecule has 0 aliphatic heterocycles. The molecule has 2 heterocycles. The monoisotopic (exact) mass is 326 g/mol. The van der Waals surface area contributed by atoms with E-state index < -0.39 is 13.0 Å². The van der Waals surface area contributed by atoms with Crippen LogP contribution in [0, 0.1) is 0 Å². The molecule has 0 atom stereocenters. The molecule has 0 spiro atoms. The quantitative estimate of drug-likeness (QED) is 0.485. The van der Waals surface area contributed by atoms with Crippen molar-refractivity contribution < 1.29 is 22.4 Å². The van der Waals surface area contributed by atoms with Crippen LogP contribution in [0.3, 0.4) is 0 Å². The number of rotatable bonds is 7. The third kappa shape index (κ3) is 3.63. The van der Waals surface area contributed by atoms with E-state index in [1.54, 1.807) is 0 Å². The fraction of sp³-hybridized carbons (Fsp3) is 0.286. The summed E-state index contributed by atoms with van der Waals surface area (Å²) in [6.07, 6.45) is -2.45. The van der Waals surface area contributed by atoms with Gasteiger partial charge in [0.05, 0.1) is 6.61 Å². The third-order valence-corrected chi connectivity index (χ3v) is 3.52. The highest BCUT2D eigenvalue weighted by Crippen LogP contribution is 2.28. The zero-order valence-electron chi connectivity index (χ0n) is 11.4. The average Bonchev–Trinajstić information content (AvgIpc) is 3.12. The number of para-hydroxylation sites is 1. The van der Waals surface area contributed by atoms with Crippen molar-refractivity contribution in [3.8, 4) is 11.7 Å². The van der Waals surface area contributed by atoms with Crippen molar-refractivity contribution in [1.82, 2.24) is 10.2 Å². The minimum Gasteiger partial charge on any atom is -0.451 e. The number of thioether (sulfide) groups is 1. The van der Waals surface area contributed by atoms with E-state index >= 15 is 0 Å². The Morgan fingerprint density at radius 2 is 2.05 bits per heavy atom. The van der Waals surface area contributed by atoms with Crippen molar-refractivity contribution in [2.24, 2.45) is 0 Å². The van der Waals surface area contributed by atoms with Gasteiger partial charge < -0.3 is 13.6 Å². The van der Waals surface area contributed by atoms with Crippen molar-refractivity contribution in [2.75, 3.05) is 19.0 Å². The van der Waals surface area contributed by atoms with E-state index in [1.165, 1.54) is 11.8 Å². The van der Waals surface area contributed by atoms with E-state index in [0.717, 1.165) is 11.0 Å². The van der Waals surface area contributed by atoms with E-state index in [4.69, 9.17) is 13.6 Å². The molecule has 0 N–H and O–H groups in total. The van der Waals surface area contributed by atoms with E-state index in [2.05, 4.69) is 10.2 Å². The Hall–Kier alpha value is -1.93. The van der Waals surface area contributed by atoms with Gasteiger partial charge in [0, 0.05) is 11.1 Å². The predicted molar refractivity (Wildman–Crippen MR) is 77.1 cm³/mol. The molecule has 8 heteroatoms. The number of nitrogens with zero attached hydrogens (tertiary/aromatic N) is 2. The van der Waals surface area contributed by atoms with Crippen LogP contribution in [0.5, 0.6) is 0 Å². The second-order valence-corrected chi connectivity index (χ2v) is 5.38. The van der Waals surface area contributed by atoms with Gasteiger partial charge in [0.15, 0.2) is 5.76 Å². The fourth-order valence-corrected chi connectivity index (χ4v) is 2.43. The average molecular weight is 326 g/mol. The van der Waals surface area contributed by atoms with Gasteiger partial charge in [0.25, 0.3) is 17.5 Å². The Bertz CT molecular complexity index is 711. The summed E-state index contributed by atoms with van der Waals surface area (Å²) in [4.78, 5) is 0. The highest BCUT2D eigenvalue weighted by molar-refractivity contribution is 7.99. The number of furan rings is 1. The van der Waals surface area contributed by atoms with Crippen molar-refractivity contribution in [3.63, 3.8) is 0 Å². The summed E-state index contributed by atoms with van der Waals surface area (Å²) < 4.78 is 39.6.